The fraction of sp³-hybridized carbons (Fsp3) is 0.381. The highest BCUT2D eigenvalue weighted by molar-refractivity contribution is 6.04. The third-order valence-corrected chi connectivity index (χ3v) is 4.53. The van der Waals surface area contributed by atoms with Gasteiger partial charge in [-0.15, -0.1) is 0 Å². The first-order valence-electron chi connectivity index (χ1n) is 9.92. The van der Waals surface area contributed by atoms with Gasteiger partial charge < -0.3 is 15.0 Å². The number of halogens is 2. The van der Waals surface area contributed by atoms with Crippen molar-refractivity contribution in [2.75, 3.05) is 19.7 Å². The van der Waals surface area contributed by atoms with Gasteiger partial charge >= 0.3 is 0 Å². The van der Waals surface area contributed by atoms with Crippen molar-refractivity contribution in [1.82, 2.24) is 30.4 Å². The number of pyridine rings is 2. The van der Waals surface area contributed by atoms with E-state index < -0.39 is 12.5 Å². The highest BCUT2D eigenvalue weighted by atomic mass is 19.3. The van der Waals surface area contributed by atoms with Crippen LogP contribution in [0.3, 0.4) is 0 Å². The summed E-state index contributed by atoms with van der Waals surface area (Å²) in [5.41, 5.74) is 2.08. The number of carbonyl (C=O) groups excluding carboxylic acids is 2. The number of H-pyrrole nitrogens is 1. The lowest BCUT2D eigenvalue weighted by atomic mass is 10.1. The molecule has 0 aliphatic heterocycles. The average Bonchev–Trinajstić information content (AvgIpc) is 3.20. The molecular formula is C21H24F2N6O3. The van der Waals surface area contributed by atoms with Crippen molar-refractivity contribution in [2.24, 2.45) is 0 Å². The van der Waals surface area contributed by atoms with E-state index in [-0.39, 0.29) is 43.0 Å². The molecule has 170 valence electrons. The maximum absolute atomic E-state index is 13.3. The third-order valence-electron chi connectivity index (χ3n) is 4.53. The molecule has 0 bridgehead atoms. The molecule has 2 amide bonds. The fourth-order valence-corrected chi connectivity index (χ4v) is 3.08. The first-order chi connectivity index (χ1) is 15.1. The lowest BCUT2D eigenvalue weighted by Gasteiger charge is -2.23. The first-order valence-corrected chi connectivity index (χ1v) is 9.92. The molecule has 2 N–H and O–H groups in total. The smallest absolute Gasteiger partial charge is 0.278 e. The van der Waals surface area contributed by atoms with E-state index in [1.54, 1.807) is 25.3 Å². The topological polar surface area (TPSA) is 113 Å². The molecule has 0 aliphatic rings. The van der Waals surface area contributed by atoms with E-state index in [2.05, 4.69) is 25.5 Å². The van der Waals surface area contributed by atoms with Crippen LogP contribution < -0.4 is 10.1 Å². The second-order valence-electron chi connectivity index (χ2n) is 7.51. The Kier molecular flexibility index (Phi) is 6.96. The van der Waals surface area contributed by atoms with E-state index in [1.165, 1.54) is 24.2 Å². The largest absolute Gasteiger partial charge is 0.471 e. The van der Waals surface area contributed by atoms with Crippen LogP contribution in [0.4, 0.5) is 8.78 Å². The Labute approximate surface area is 183 Å². The monoisotopic (exact) mass is 446 g/mol. The molecule has 0 aliphatic carbocycles. The van der Waals surface area contributed by atoms with Gasteiger partial charge in [0.25, 0.3) is 11.8 Å². The van der Waals surface area contributed by atoms with Crippen molar-refractivity contribution >= 4 is 22.7 Å². The second-order valence-corrected chi connectivity index (χ2v) is 7.51. The van der Waals surface area contributed by atoms with Gasteiger partial charge in [-0.2, -0.15) is 5.10 Å². The van der Waals surface area contributed by atoms with Crippen molar-refractivity contribution in [3.8, 4) is 5.88 Å². The molecule has 3 heterocycles. The van der Waals surface area contributed by atoms with Crippen LogP contribution in [0.5, 0.6) is 5.88 Å². The Morgan fingerprint density at radius 1 is 1.31 bits per heavy atom. The molecule has 3 aromatic heterocycles. The molecule has 0 fully saturated rings. The number of rotatable bonds is 9. The van der Waals surface area contributed by atoms with Gasteiger partial charge in [0.2, 0.25) is 11.8 Å². The van der Waals surface area contributed by atoms with Crippen molar-refractivity contribution < 1.29 is 23.1 Å². The standard InChI is InChI=1S/C21H24F2N6O3/c1-13-8-15(9-26-19(13)32-12-21(3,22)23)11-29(7-6-24-14(2)30)20(31)18-16-10-27-28-17(16)4-5-25-18/h4-5,8-10H,6-7,11-12H2,1-3H3,(H,24,30)(H,27,28). The minimum Gasteiger partial charge on any atom is -0.471 e. The summed E-state index contributed by atoms with van der Waals surface area (Å²) in [6.07, 6.45) is 4.58. The molecule has 0 saturated carbocycles. The molecule has 0 atom stereocenters. The molecule has 11 heteroatoms. The predicted octanol–water partition coefficient (Wildman–Crippen LogP) is 2.47. The highest BCUT2D eigenvalue weighted by Crippen LogP contribution is 2.21. The second kappa shape index (κ2) is 9.67. The molecule has 0 radical (unpaired) electrons. The molecule has 3 aromatic rings. The number of nitrogens with one attached hydrogen (secondary N) is 2. The highest BCUT2D eigenvalue weighted by Gasteiger charge is 2.24. The predicted molar refractivity (Wildman–Crippen MR) is 112 cm³/mol. The quantitative estimate of drug-likeness (QED) is 0.522. The van der Waals surface area contributed by atoms with E-state index >= 15 is 0 Å². The number of aromatic amines is 1. The number of amides is 2. The summed E-state index contributed by atoms with van der Waals surface area (Å²) >= 11 is 0. The summed E-state index contributed by atoms with van der Waals surface area (Å²) in [7, 11) is 0. The summed E-state index contributed by atoms with van der Waals surface area (Å²) in [6, 6.07) is 3.41. The van der Waals surface area contributed by atoms with Gasteiger partial charge in [0.15, 0.2) is 6.61 Å². The van der Waals surface area contributed by atoms with Crippen LogP contribution in [0, 0.1) is 6.92 Å². The number of nitrogens with zero attached hydrogens (tertiary/aromatic N) is 4. The van der Waals surface area contributed by atoms with Crippen molar-refractivity contribution in [3.05, 3.63) is 47.5 Å². The normalized spacial score (nSPS) is 11.4. The number of hydrogen-bond acceptors (Lipinski definition) is 6. The fourth-order valence-electron chi connectivity index (χ4n) is 3.08. The van der Waals surface area contributed by atoms with E-state index in [0.29, 0.717) is 22.0 Å². The van der Waals surface area contributed by atoms with Crippen LogP contribution in [0.2, 0.25) is 0 Å². The van der Waals surface area contributed by atoms with E-state index in [0.717, 1.165) is 6.92 Å². The average molecular weight is 446 g/mol. The Balaban J connectivity index is 1.81. The Hall–Kier alpha value is -3.63. The first kappa shape index (κ1) is 23.0. The zero-order valence-corrected chi connectivity index (χ0v) is 18.0. The summed E-state index contributed by atoms with van der Waals surface area (Å²) in [6.45, 7) is 3.73. The number of hydrogen-bond donors (Lipinski definition) is 2. The molecule has 32 heavy (non-hydrogen) atoms. The Morgan fingerprint density at radius 3 is 2.78 bits per heavy atom. The van der Waals surface area contributed by atoms with Crippen LogP contribution in [0.15, 0.2) is 30.7 Å². The van der Waals surface area contributed by atoms with E-state index in [1.807, 2.05) is 0 Å². The molecule has 0 aromatic carbocycles. The van der Waals surface area contributed by atoms with Crippen molar-refractivity contribution in [1.29, 1.82) is 0 Å². The number of fused-ring (bicyclic) bond motifs is 1. The molecule has 0 saturated heterocycles. The van der Waals surface area contributed by atoms with Gasteiger partial charge in [-0.05, 0) is 24.6 Å². The number of aromatic nitrogens is 4. The third kappa shape index (κ3) is 5.96. The lowest BCUT2D eigenvalue weighted by Crippen LogP contribution is -2.38. The van der Waals surface area contributed by atoms with Crippen molar-refractivity contribution in [3.63, 3.8) is 0 Å². The van der Waals surface area contributed by atoms with Gasteiger partial charge in [-0.3, -0.25) is 19.7 Å². The molecular weight excluding hydrogens is 422 g/mol. The van der Waals surface area contributed by atoms with Crippen LogP contribution in [-0.4, -0.2) is 62.5 Å². The molecule has 0 unspecified atom stereocenters. The zero-order chi connectivity index (χ0) is 23.3. The summed E-state index contributed by atoms with van der Waals surface area (Å²) in [5, 5.41) is 10.1. The van der Waals surface area contributed by atoms with Gasteiger partial charge in [0, 0.05) is 57.6 Å². The number of alkyl halides is 2. The Morgan fingerprint density at radius 2 is 2.09 bits per heavy atom. The van der Waals surface area contributed by atoms with Gasteiger partial charge in [-0.25, -0.2) is 13.8 Å². The minimum atomic E-state index is -2.97. The zero-order valence-electron chi connectivity index (χ0n) is 18.0. The number of ether oxygens (including phenoxy) is 1. The van der Waals surface area contributed by atoms with Gasteiger partial charge in [-0.1, -0.05) is 0 Å². The van der Waals surface area contributed by atoms with Crippen molar-refractivity contribution in [2.45, 2.75) is 33.2 Å². The van der Waals surface area contributed by atoms with Gasteiger partial charge in [0.1, 0.15) is 5.69 Å². The Bertz CT molecular complexity index is 1110. The summed E-state index contributed by atoms with van der Waals surface area (Å²) < 4.78 is 31.2. The SMILES string of the molecule is CC(=O)NCCN(Cc1cnc(OCC(C)(F)F)c(C)c1)C(=O)c1nccc2n[nH]cc12. The van der Waals surface area contributed by atoms with Crippen LogP contribution in [-0.2, 0) is 11.3 Å². The summed E-state index contributed by atoms with van der Waals surface area (Å²) in [5.74, 6) is -3.41. The van der Waals surface area contributed by atoms with E-state index in [9.17, 15) is 18.4 Å². The van der Waals surface area contributed by atoms with E-state index in [4.69, 9.17) is 4.74 Å². The number of aryl methyl sites for hydroxylation is 1. The van der Waals surface area contributed by atoms with Gasteiger partial charge in [0.05, 0.1) is 10.9 Å². The maximum Gasteiger partial charge on any atom is 0.278 e. The maximum atomic E-state index is 13.3. The summed E-state index contributed by atoms with van der Waals surface area (Å²) in [4.78, 5) is 34.4. The number of carbonyl (C=O) groups is 2. The molecule has 3 rings (SSSR count). The van der Waals surface area contributed by atoms with Crippen LogP contribution >= 0.6 is 0 Å². The lowest BCUT2D eigenvalue weighted by molar-refractivity contribution is -0.119. The van der Waals surface area contributed by atoms with Crippen LogP contribution in [0.25, 0.3) is 10.9 Å². The minimum absolute atomic E-state index is 0.108. The molecule has 0 spiro atoms. The van der Waals surface area contributed by atoms with Crippen LogP contribution in [0.1, 0.15) is 35.5 Å². The molecule has 9 nitrogen and oxygen atoms in total.